The summed E-state index contributed by atoms with van der Waals surface area (Å²) in [7, 11) is -1.62. The number of hydrogen-bond donors (Lipinski definition) is 0. The third-order valence-corrected chi connectivity index (χ3v) is 7.39. The molecule has 170 valence electrons. The molecule has 1 saturated heterocycles. The van der Waals surface area contributed by atoms with E-state index < -0.39 is 10.0 Å². The Morgan fingerprint density at radius 3 is 2.39 bits per heavy atom. The fraction of sp³-hybridized carbons (Fsp3) is 0.545. The summed E-state index contributed by atoms with van der Waals surface area (Å²) in [5, 5.41) is 0. The number of benzene rings is 1. The number of piperazine rings is 1. The van der Waals surface area contributed by atoms with Gasteiger partial charge in [-0.2, -0.15) is 4.31 Å². The van der Waals surface area contributed by atoms with Crippen LogP contribution in [0.4, 0.5) is 10.2 Å². The number of methoxy groups -OCH3 is 1. The van der Waals surface area contributed by atoms with Crippen molar-refractivity contribution >= 4 is 15.8 Å². The monoisotopic (exact) mass is 450 g/mol. The van der Waals surface area contributed by atoms with Crippen LogP contribution in [0, 0.1) is 5.82 Å². The van der Waals surface area contributed by atoms with E-state index in [4.69, 9.17) is 14.7 Å². The van der Waals surface area contributed by atoms with Gasteiger partial charge in [-0.25, -0.2) is 22.8 Å². The first-order valence-electron chi connectivity index (χ1n) is 10.6. The Morgan fingerprint density at radius 1 is 1.13 bits per heavy atom. The fourth-order valence-electron chi connectivity index (χ4n) is 3.69. The van der Waals surface area contributed by atoms with Crippen LogP contribution in [0.25, 0.3) is 0 Å². The van der Waals surface area contributed by atoms with Crippen molar-refractivity contribution in [2.75, 3.05) is 43.9 Å². The Bertz CT molecular complexity index is 1010. The van der Waals surface area contributed by atoms with Crippen molar-refractivity contribution in [1.29, 1.82) is 0 Å². The highest BCUT2D eigenvalue weighted by Crippen LogP contribution is 2.29. The average Bonchev–Trinajstić information content (AvgIpc) is 2.76. The summed E-state index contributed by atoms with van der Waals surface area (Å²) in [4.78, 5) is 11.6. The second kappa shape index (κ2) is 10.0. The van der Waals surface area contributed by atoms with Gasteiger partial charge in [-0.05, 0) is 18.6 Å². The second-order valence-corrected chi connectivity index (χ2v) is 10.2. The van der Waals surface area contributed by atoms with Crippen LogP contribution in [0.3, 0.4) is 0 Å². The van der Waals surface area contributed by atoms with Gasteiger partial charge in [0.2, 0.25) is 10.0 Å². The van der Waals surface area contributed by atoms with Gasteiger partial charge in [-0.1, -0.05) is 32.0 Å². The summed E-state index contributed by atoms with van der Waals surface area (Å²) in [6.45, 7) is 7.84. The molecule has 0 radical (unpaired) electrons. The van der Waals surface area contributed by atoms with E-state index in [0.717, 1.165) is 17.1 Å². The normalized spacial score (nSPS) is 15.6. The number of ether oxygens (including phenoxy) is 1. The van der Waals surface area contributed by atoms with E-state index in [-0.39, 0.29) is 17.5 Å². The first-order chi connectivity index (χ1) is 14.8. The van der Waals surface area contributed by atoms with Gasteiger partial charge >= 0.3 is 0 Å². The van der Waals surface area contributed by atoms with E-state index in [1.807, 2.05) is 19.9 Å². The molecule has 2 aromatic rings. The van der Waals surface area contributed by atoms with Crippen molar-refractivity contribution in [3.05, 3.63) is 52.7 Å². The molecule has 7 nitrogen and oxygen atoms in total. The van der Waals surface area contributed by atoms with Gasteiger partial charge in [0.05, 0.1) is 18.1 Å². The molecule has 0 N–H and O–H groups in total. The lowest BCUT2D eigenvalue weighted by Crippen LogP contribution is -2.49. The van der Waals surface area contributed by atoms with Crippen molar-refractivity contribution in [3.63, 3.8) is 0 Å². The highest BCUT2D eigenvalue weighted by molar-refractivity contribution is 7.89. The quantitative estimate of drug-likeness (QED) is 0.616. The summed E-state index contributed by atoms with van der Waals surface area (Å²) in [6.07, 6.45) is 0.340. The number of anilines is 1. The smallest absolute Gasteiger partial charge is 0.213 e. The molecule has 2 heterocycles. The highest BCUT2D eigenvalue weighted by Gasteiger charge is 2.29. The minimum Gasteiger partial charge on any atom is -0.378 e. The molecular formula is C22H31FN4O3S. The maximum absolute atomic E-state index is 14.4. The zero-order valence-electron chi connectivity index (χ0n) is 18.6. The molecule has 0 bridgehead atoms. The van der Waals surface area contributed by atoms with Crippen LogP contribution in [0.2, 0.25) is 0 Å². The largest absolute Gasteiger partial charge is 0.378 e. The maximum atomic E-state index is 14.4. The van der Waals surface area contributed by atoms with Crippen molar-refractivity contribution in [1.82, 2.24) is 14.3 Å². The van der Waals surface area contributed by atoms with Crippen molar-refractivity contribution < 1.29 is 17.5 Å². The van der Waals surface area contributed by atoms with Crippen molar-refractivity contribution in [2.24, 2.45) is 0 Å². The fourth-order valence-corrected chi connectivity index (χ4v) is 4.77. The maximum Gasteiger partial charge on any atom is 0.213 e. The molecule has 1 aliphatic rings. The molecule has 31 heavy (non-hydrogen) atoms. The molecule has 1 aliphatic heterocycles. The van der Waals surface area contributed by atoms with Gasteiger partial charge in [0.25, 0.3) is 0 Å². The third kappa shape index (κ3) is 5.39. The highest BCUT2D eigenvalue weighted by atomic mass is 32.2. The standard InChI is InChI=1S/C22H31FN4O3S/c1-5-31(28,29)27-12-10-26(11-13-27)22-18(14-17-8-6-7-9-19(17)23)20(15-30-4)24-21(25-22)16(2)3/h6-9,16H,5,10-15H2,1-4H3. The van der Waals surface area contributed by atoms with Gasteiger partial charge < -0.3 is 9.64 Å². The molecule has 1 aromatic heterocycles. The molecule has 0 saturated carbocycles. The number of hydrogen-bond acceptors (Lipinski definition) is 6. The lowest BCUT2D eigenvalue weighted by atomic mass is 10.0. The number of halogens is 1. The second-order valence-electron chi connectivity index (χ2n) is 7.97. The number of sulfonamides is 1. The van der Waals surface area contributed by atoms with Crippen LogP contribution in [0.15, 0.2) is 24.3 Å². The van der Waals surface area contributed by atoms with E-state index in [9.17, 15) is 12.8 Å². The molecule has 1 fully saturated rings. The first-order valence-corrected chi connectivity index (χ1v) is 12.2. The van der Waals surface area contributed by atoms with Gasteiger partial charge in [0.1, 0.15) is 17.5 Å². The van der Waals surface area contributed by atoms with Gasteiger partial charge in [0, 0.05) is 51.2 Å². The molecule has 0 atom stereocenters. The Kier molecular flexibility index (Phi) is 7.61. The van der Waals surface area contributed by atoms with Crippen molar-refractivity contribution in [2.45, 2.75) is 39.7 Å². The molecule has 3 rings (SSSR count). The molecule has 0 aliphatic carbocycles. The number of nitrogens with zero attached hydrogens (tertiary/aromatic N) is 4. The number of rotatable bonds is 8. The number of aromatic nitrogens is 2. The summed E-state index contributed by atoms with van der Waals surface area (Å²) in [5.41, 5.74) is 2.13. The molecule has 0 unspecified atom stereocenters. The summed E-state index contributed by atoms with van der Waals surface area (Å²) >= 11 is 0. The topological polar surface area (TPSA) is 75.6 Å². The molecule has 0 spiro atoms. The molecule has 0 amide bonds. The van der Waals surface area contributed by atoms with Gasteiger partial charge in [0.15, 0.2) is 0 Å². The van der Waals surface area contributed by atoms with E-state index >= 15 is 0 Å². The Hall–Kier alpha value is -2.10. The first kappa shape index (κ1) is 23.6. The van der Waals surface area contributed by atoms with E-state index in [1.54, 1.807) is 26.2 Å². The Balaban J connectivity index is 2.02. The van der Waals surface area contributed by atoms with Crippen LogP contribution in [0.5, 0.6) is 0 Å². The summed E-state index contributed by atoms with van der Waals surface area (Å²) in [6, 6.07) is 6.69. The lowest BCUT2D eigenvalue weighted by Gasteiger charge is -2.36. The Labute approximate surface area is 184 Å². The van der Waals surface area contributed by atoms with Crippen LogP contribution in [0.1, 0.15) is 49.3 Å². The molecule has 1 aromatic carbocycles. The SMILES string of the molecule is CCS(=O)(=O)N1CCN(c2nc(C(C)C)nc(COC)c2Cc2ccccc2F)CC1. The van der Waals surface area contributed by atoms with Crippen LogP contribution >= 0.6 is 0 Å². The molecule has 9 heteroatoms. The summed E-state index contributed by atoms with van der Waals surface area (Å²) < 4.78 is 45.9. The zero-order chi connectivity index (χ0) is 22.6. The average molecular weight is 451 g/mol. The lowest BCUT2D eigenvalue weighted by molar-refractivity contribution is 0.180. The van der Waals surface area contributed by atoms with Gasteiger partial charge in [-0.3, -0.25) is 0 Å². The molecular weight excluding hydrogens is 419 g/mol. The van der Waals surface area contributed by atoms with Crippen LogP contribution in [-0.2, 0) is 27.8 Å². The zero-order valence-corrected chi connectivity index (χ0v) is 19.5. The van der Waals surface area contributed by atoms with Crippen molar-refractivity contribution in [3.8, 4) is 0 Å². The van der Waals surface area contributed by atoms with Crippen LogP contribution in [-0.4, -0.2) is 61.7 Å². The minimum absolute atomic E-state index is 0.0918. The summed E-state index contributed by atoms with van der Waals surface area (Å²) in [5.74, 6) is 1.36. The van der Waals surface area contributed by atoms with Gasteiger partial charge in [-0.15, -0.1) is 0 Å². The predicted molar refractivity (Wildman–Crippen MR) is 119 cm³/mol. The minimum atomic E-state index is -3.23. The third-order valence-electron chi connectivity index (χ3n) is 5.51. The van der Waals surface area contributed by atoms with E-state index in [0.29, 0.717) is 50.6 Å². The van der Waals surface area contributed by atoms with Crippen LogP contribution < -0.4 is 4.90 Å². The van der Waals surface area contributed by atoms with E-state index in [1.165, 1.54) is 10.4 Å². The predicted octanol–water partition coefficient (Wildman–Crippen LogP) is 2.95. The Morgan fingerprint density at radius 2 is 1.81 bits per heavy atom. The van der Waals surface area contributed by atoms with E-state index in [2.05, 4.69) is 4.90 Å².